The number of hydrogen-bond acceptors (Lipinski definition) is 4. The van der Waals surface area contributed by atoms with Crippen LogP contribution in [0.1, 0.15) is 32.6 Å². The molecule has 1 fully saturated rings. The van der Waals surface area contributed by atoms with Crippen molar-refractivity contribution in [2.24, 2.45) is 0 Å². The second-order valence-corrected chi connectivity index (χ2v) is 7.62. The molecule has 20 heavy (non-hydrogen) atoms. The van der Waals surface area contributed by atoms with Gasteiger partial charge in [0.25, 0.3) is 0 Å². The highest BCUT2D eigenvalue weighted by atomic mass is 32.2. The van der Waals surface area contributed by atoms with E-state index < -0.39 is 9.84 Å². The first-order valence-electron chi connectivity index (χ1n) is 6.86. The molecule has 5 nitrogen and oxygen atoms in total. The lowest BCUT2D eigenvalue weighted by atomic mass is 9.74. The Bertz CT molecular complexity index is 768. The molecule has 0 radical (unpaired) electrons. The lowest BCUT2D eigenvalue weighted by Gasteiger charge is -2.43. The van der Waals surface area contributed by atoms with Crippen LogP contribution in [0.5, 0.6) is 0 Å². The second kappa shape index (κ2) is 4.22. The molecule has 1 aliphatic rings. The van der Waals surface area contributed by atoms with Crippen molar-refractivity contribution >= 4 is 26.8 Å². The van der Waals surface area contributed by atoms with Gasteiger partial charge in [-0.15, -0.1) is 0 Å². The summed E-state index contributed by atoms with van der Waals surface area (Å²) in [7, 11) is -3.31. The zero-order chi connectivity index (χ0) is 14.5. The molecule has 0 unspecified atom stereocenters. The summed E-state index contributed by atoms with van der Waals surface area (Å²) in [5, 5.41) is 0. The Labute approximate surface area is 118 Å². The number of aromatic nitrogens is 2. The maximum absolute atomic E-state index is 11.9. The molecule has 0 bridgehead atoms. The van der Waals surface area contributed by atoms with Gasteiger partial charge in [0.05, 0.1) is 10.4 Å². The molecular weight excluding hydrogens is 274 g/mol. The van der Waals surface area contributed by atoms with E-state index in [9.17, 15) is 8.42 Å². The van der Waals surface area contributed by atoms with E-state index >= 15 is 0 Å². The molecule has 6 heteroatoms. The number of fused-ring (bicyclic) bond motifs is 1. The Hall–Kier alpha value is -1.56. The second-order valence-electron chi connectivity index (χ2n) is 5.63. The number of benzene rings is 1. The van der Waals surface area contributed by atoms with Crippen molar-refractivity contribution in [3.05, 3.63) is 18.2 Å². The summed E-state index contributed by atoms with van der Waals surface area (Å²) in [6, 6.07) is 5.26. The zero-order valence-corrected chi connectivity index (χ0v) is 12.6. The summed E-state index contributed by atoms with van der Waals surface area (Å²) in [4.78, 5) is 4.59. The van der Waals surface area contributed by atoms with Crippen LogP contribution in [-0.2, 0) is 15.4 Å². The lowest BCUT2D eigenvalue weighted by Crippen LogP contribution is -2.40. The van der Waals surface area contributed by atoms with Crippen LogP contribution in [0.2, 0.25) is 0 Å². The number of nitrogens with two attached hydrogens (primary N) is 1. The maximum Gasteiger partial charge on any atom is 0.201 e. The first-order valence-corrected chi connectivity index (χ1v) is 8.76. The number of imidazole rings is 1. The number of sulfone groups is 1. The molecule has 1 aromatic heterocycles. The largest absolute Gasteiger partial charge is 0.369 e. The van der Waals surface area contributed by atoms with Crippen LogP contribution >= 0.6 is 0 Å². The van der Waals surface area contributed by atoms with Crippen molar-refractivity contribution in [1.82, 2.24) is 9.55 Å². The molecule has 2 N–H and O–H groups in total. The molecule has 1 aliphatic carbocycles. The molecule has 1 saturated carbocycles. The van der Waals surface area contributed by atoms with Gasteiger partial charge in [0.1, 0.15) is 5.52 Å². The van der Waals surface area contributed by atoms with Crippen molar-refractivity contribution in [1.29, 1.82) is 0 Å². The fourth-order valence-electron chi connectivity index (χ4n) is 3.21. The Kier molecular flexibility index (Phi) is 2.83. The van der Waals surface area contributed by atoms with Gasteiger partial charge in [0.15, 0.2) is 9.84 Å². The van der Waals surface area contributed by atoms with Crippen molar-refractivity contribution in [3.63, 3.8) is 0 Å². The first-order chi connectivity index (χ1) is 9.39. The van der Waals surface area contributed by atoms with Crippen LogP contribution in [0.25, 0.3) is 11.0 Å². The van der Waals surface area contributed by atoms with E-state index in [1.165, 1.54) is 12.7 Å². The maximum atomic E-state index is 11.9. The van der Waals surface area contributed by atoms with Gasteiger partial charge in [0.2, 0.25) is 5.95 Å². The van der Waals surface area contributed by atoms with Gasteiger partial charge in [-0.05, 0) is 37.8 Å². The first kappa shape index (κ1) is 13.4. The minimum absolute atomic E-state index is 0.00889. The van der Waals surface area contributed by atoms with Gasteiger partial charge < -0.3 is 10.3 Å². The van der Waals surface area contributed by atoms with Crippen molar-refractivity contribution in [2.45, 2.75) is 43.0 Å². The average Bonchev–Trinajstić information content (AvgIpc) is 2.65. The summed E-state index contributed by atoms with van der Waals surface area (Å²) >= 11 is 0. The minimum atomic E-state index is -3.31. The number of nitrogen functional groups attached to an aromatic ring is 1. The predicted molar refractivity (Wildman–Crippen MR) is 79.4 cm³/mol. The normalized spacial score (nSPS) is 18.1. The van der Waals surface area contributed by atoms with Crippen molar-refractivity contribution in [3.8, 4) is 0 Å². The summed E-state index contributed by atoms with van der Waals surface area (Å²) in [5.74, 6) is 0.414. The van der Waals surface area contributed by atoms with E-state index in [4.69, 9.17) is 5.73 Å². The summed E-state index contributed by atoms with van der Waals surface area (Å²) in [5.41, 5.74) is 7.42. The molecule has 1 heterocycles. The highest BCUT2D eigenvalue weighted by molar-refractivity contribution is 7.91. The van der Waals surface area contributed by atoms with Crippen LogP contribution in [0, 0.1) is 0 Å². The molecule has 108 valence electrons. The van der Waals surface area contributed by atoms with E-state index in [1.54, 1.807) is 12.1 Å². The molecule has 0 spiro atoms. The Morgan fingerprint density at radius 3 is 2.60 bits per heavy atom. The molecule has 0 amide bonds. The summed E-state index contributed by atoms with van der Waals surface area (Å²) in [6.07, 6.45) is 5.50. The van der Waals surface area contributed by atoms with Gasteiger partial charge in [0, 0.05) is 11.8 Å². The van der Waals surface area contributed by atoms with E-state index in [0.29, 0.717) is 11.5 Å². The van der Waals surface area contributed by atoms with Gasteiger partial charge in [-0.3, -0.25) is 0 Å². The van der Waals surface area contributed by atoms with Crippen LogP contribution in [0.15, 0.2) is 23.1 Å². The van der Waals surface area contributed by atoms with Crippen LogP contribution in [0.4, 0.5) is 5.95 Å². The summed E-state index contributed by atoms with van der Waals surface area (Å²) < 4.78 is 25.8. The number of hydrogen-bond donors (Lipinski definition) is 1. The fourth-order valence-corrected chi connectivity index (χ4v) is 4.04. The quantitative estimate of drug-likeness (QED) is 0.942. The fraction of sp³-hybridized carbons (Fsp3) is 0.500. The smallest absolute Gasteiger partial charge is 0.201 e. The monoisotopic (exact) mass is 293 g/mol. The van der Waals surface area contributed by atoms with Gasteiger partial charge in [-0.1, -0.05) is 13.0 Å². The number of rotatable bonds is 3. The molecule has 0 atom stereocenters. The standard InChI is InChI=1S/C14H19N3O2S/c1-3-14(8-5-9-14)17-10-6-4-7-11(20(2,18)19)12(10)16-13(17)15/h4,6-7H,3,5,8-9H2,1-2H3,(H2,15,16). The van der Waals surface area contributed by atoms with E-state index in [2.05, 4.69) is 11.9 Å². The van der Waals surface area contributed by atoms with E-state index in [1.807, 2.05) is 10.6 Å². The average molecular weight is 293 g/mol. The molecule has 2 aromatic rings. The van der Waals surface area contributed by atoms with Gasteiger partial charge in [-0.2, -0.15) is 0 Å². The minimum Gasteiger partial charge on any atom is -0.369 e. The van der Waals surface area contributed by atoms with Crippen LogP contribution in [0.3, 0.4) is 0 Å². The SMILES string of the molecule is CCC1(n2c(N)nc3c(S(C)(=O)=O)cccc32)CCC1. The summed E-state index contributed by atoms with van der Waals surface area (Å²) in [6.45, 7) is 2.14. The highest BCUT2D eigenvalue weighted by Crippen LogP contribution is 2.45. The van der Waals surface area contributed by atoms with Crippen molar-refractivity contribution < 1.29 is 8.42 Å². The molecular formula is C14H19N3O2S. The van der Waals surface area contributed by atoms with Gasteiger partial charge >= 0.3 is 0 Å². The lowest BCUT2D eigenvalue weighted by molar-refractivity contribution is 0.144. The molecule has 3 rings (SSSR count). The Morgan fingerprint density at radius 1 is 1.40 bits per heavy atom. The van der Waals surface area contributed by atoms with Crippen LogP contribution in [-0.4, -0.2) is 24.2 Å². The molecule has 1 aromatic carbocycles. The predicted octanol–water partition coefficient (Wildman–Crippen LogP) is 2.31. The topological polar surface area (TPSA) is 78.0 Å². The van der Waals surface area contributed by atoms with E-state index in [-0.39, 0.29) is 10.4 Å². The third kappa shape index (κ3) is 1.74. The third-order valence-corrected chi connectivity index (χ3v) is 5.62. The number of anilines is 1. The van der Waals surface area contributed by atoms with E-state index in [0.717, 1.165) is 24.8 Å². The Morgan fingerprint density at radius 2 is 2.10 bits per heavy atom. The molecule has 0 saturated heterocycles. The molecule has 0 aliphatic heterocycles. The number of nitrogens with zero attached hydrogens (tertiary/aromatic N) is 2. The van der Waals surface area contributed by atoms with Crippen LogP contribution < -0.4 is 5.73 Å². The third-order valence-electron chi connectivity index (χ3n) is 4.49. The number of para-hydroxylation sites is 1. The van der Waals surface area contributed by atoms with Gasteiger partial charge in [-0.25, -0.2) is 13.4 Å². The Balaban J connectivity index is 2.33. The van der Waals surface area contributed by atoms with Crippen molar-refractivity contribution in [2.75, 3.05) is 12.0 Å². The zero-order valence-electron chi connectivity index (χ0n) is 11.8. The highest BCUT2D eigenvalue weighted by Gasteiger charge is 2.39.